The van der Waals surface area contributed by atoms with Gasteiger partial charge in [-0.05, 0) is 29.8 Å². The molecule has 0 amide bonds. The van der Waals surface area contributed by atoms with Crippen LogP contribution in [0.1, 0.15) is 17.0 Å². The van der Waals surface area contributed by atoms with Crippen LogP contribution in [0.15, 0.2) is 59.9 Å². The zero-order valence-corrected chi connectivity index (χ0v) is 18.1. The smallest absolute Gasteiger partial charge is 0.352 e. The van der Waals surface area contributed by atoms with Crippen LogP contribution in [-0.2, 0) is 19.3 Å². The van der Waals surface area contributed by atoms with E-state index >= 15 is 0 Å². The highest BCUT2D eigenvalue weighted by Gasteiger charge is 2.33. The first kappa shape index (κ1) is 23.6. The number of alkyl halides is 3. The Morgan fingerprint density at radius 1 is 1.07 bits per heavy atom. The van der Waals surface area contributed by atoms with Gasteiger partial charge in [-0.1, -0.05) is 24.3 Å². The summed E-state index contributed by atoms with van der Waals surface area (Å²) in [6.45, 7) is 0.0598. The fourth-order valence-electron chi connectivity index (χ4n) is 2.71. The lowest BCUT2D eigenvalue weighted by Crippen LogP contribution is -2.37. The van der Waals surface area contributed by atoms with Gasteiger partial charge in [0.25, 0.3) is 0 Å². The highest BCUT2D eigenvalue weighted by atomic mass is 127. The molecule has 11 heteroatoms. The molecular formula is C19H19F4IN6. The standard InChI is InChI=1S/C19H18F4N6.HI/c1-24-18(25-10-13-7-8-14(20)9-16(13)19(21,22)23)26-11-17-28-27-12-29(17)15-5-3-2-4-6-15;/h2-9,12H,10-11H2,1H3,(H2,24,25,26);1H. The molecule has 160 valence electrons. The van der Waals surface area contributed by atoms with Crippen molar-refractivity contribution in [3.05, 3.63) is 77.6 Å². The molecule has 0 bridgehead atoms. The number of para-hydroxylation sites is 1. The van der Waals surface area contributed by atoms with Gasteiger partial charge in [-0.15, -0.1) is 34.2 Å². The molecule has 0 unspecified atom stereocenters. The first-order valence-electron chi connectivity index (χ1n) is 8.63. The van der Waals surface area contributed by atoms with Gasteiger partial charge < -0.3 is 10.6 Å². The third-order valence-electron chi connectivity index (χ3n) is 4.11. The Morgan fingerprint density at radius 3 is 2.43 bits per heavy atom. The number of guanidine groups is 1. The number of aromatic nitrogens is 3. The van der Waals surface area contributed by atoms with E-state index in [1.807, 2.05) is 30.3 Å². The molecule has 1 heterocycles. The van der Waals surface area contributed by atoms with Crippen LogP contribution in [-0.4, -0.2) is 27.8 Å². The number of nitrogens with zero attached hydrogens (tertiary/aromatic N) is 4. The summed E-state index contributed by atoms with van der Waals surface area (Å²) < 4.78 is 54.4. The van der Waals surface area contributed by atoms with E-state index in [1.165, 1.54) is 7.05 Å². The topological polar surface area (TPSA) is 67.1 Å². The van der Waals surface area contributed by atoms with E-state index in [9.17, 15) is 17.6 Å². The minimum Gasteiger partial charge on any atom is -0.352 e. The number of rotatable bonds is 5. The molecular weight excluding hydrogens is 515 g/mol. The third-order valence-corrected chi connectivity index (χ3v) is 4.11. The summed E-state index contributed by atoms with van der Waals surface area (Å²) in [7, 11) is 1.49. The van der Waals surface area contributed by atoms with E-state index in [2.05, 4.69) is 25.8 Å². The molecule has 0 aliphatic carbocycles. The normalized spacial score (nSPS) is 11.7. The lowest BCUT2D eigenvalue weighted by atomic mass is 10.1. The summed E-state index contributed by atoms with van der Waals surface area (Å²) in [4.78, 5) is 4.00. The van der Waals surface area contributed by atoms with E-state index in [1.54, 1.807) is 10.9 Å². The van der Waals surface area contributed by atoms with Crippen LogP contribution in [0.4, 0.5) is 17.6 Å². The molecule has 0 saturated carbocycles. The third kappa shape index (κ3) is 5.90. The second-order valence-electron chi connectivity index (χ2n) is 6.03. The Morgan fingerprint density at radius 2 is 1.77 bits per heavy atom. The van der Waals surface area contributed by atoms with Crippen LogP contribution in [0.25, 0.3) is 5.69 Å². The minimum atomic E-state index is -4.65. The summed E-state index contributed by atoms with van der Waals surface area (Å²) in [5.41, 5.74) is -0.239. The van der Waals surface area contributed by atoms with E-state index < -0.39 is 17.6 Å². The van der Waals surface area contributed by atoms with Crippen molar-refractivity contribution in [3.63, 3.8) is 0 Å². The van der Waals surface area contributed by atoms with Gasteiger partial charge >= 0.3 is 6.18 Å². The molecule has 0 aliphatic heterocycles. The number of hydrogen-bond donors (Lipinski definition) is 2. The van der Waals surface area contributed by atoms with E-state index in [0.717, 1.165) is 17.8 Å². The molecule has 2 aromatic carbocycles. The van der Waals surface area contributed by atoms with Gasteiger partial charge in [0, 0.05) is 19.3 Å². The number of aliphatic imine (C=N–C) groups is 1. The first-order valence-corrected chi connectivity index (χ1v) is 8.63. The number of hydrogen-bond acceptors (Lipinski definition) is 3. The maximum atomic E-state index is 13.2. The molecule has 0 aliphatic rings. The van der Waals surface area contributed by atoms with Crippen molar-refractivity contribution in [2.45, 2.75) is 19.3 Å². The van der Waals surface area contributed by atoms with Gasteiger partial charge in [0.1, 0.15) is 12.1 Å². The molecule has 0 atom stereocenters. The van der Waals surface area contributed by atoms with Crippen LogP contribution >= 0.6 is 24.0 Å². The van der Waals surface area contributed by atoms with E-state index in [-0.39, 0.29) is 48.6 Å². The molecule has 3 rings (SSSR count). The molecule has 30 heavy (non-hydrogen) atoms. The molecule has 2 N–H and O–H groups in total. The van der Waals surface area contributed by atoms with E-state index in [4.69, 9.17) is 0 Å². The lowest BCUT2D eigenvalue weighted by Gasteiger charge is -2.16. The Labute approximate surface area is 187 Å². The Kier molecular flexibility index (Phi) is 8.15. The average molecular weight is 534 g/mol. The summed E-state index contributed by atoms with van der Waals surface area (Å²) >= 11 is 0. The molecule has 6 nitrogen and oxygen atoms in total. The highest BCUT2D eigenvalue weighted by molar-refractivity contribution is 14.0. The quantitative estimate of drug-likeness (QED) is 0.226. The first-order chi connectivity index (χ1) is 13.9. The predicted molar refractivity (Wildman–Crippen MR) is 115 cm³/mol. The second kappa shape index (κ2) is 10.4. The zero-order chi connectivity index (χ0) is 20.9. The van der Waals surface area contributed by atoms with Crippen molar-refractivity contribution in [1.29, 1.82) is 0 Å². The Balaban J connectivity index is 0.00000320. The molecule has 3 aromatic rings. The molecule has 1 aromatic heterocycles. The van der Waals surface area contributed by atoms with Crippen molar-refractivity contribution in [1.82, 2.24) is 25.4 Å². The average Bonchev–Trinajstić information content (AvgIpc) is 3.17. The van der Waals surface area contributed by atoms with Gasteiger partial charge in [-0.2, -0.15) is 13.2 Å². The van der Waals surface area contributed by atoms with Gasteiger partial charge in [0.2, 0.25) is 0 Å². The fourth-order valence-corrected chi connectivity index (χ4v) is 2.71. The number of halogens is 5. The van der Waals surface area contributed by atoms with Gasteiger partial charge in [0.05, 0.1) is 12.1 Å². The minimum absolute atomic E-state index is 0. The van der Waals surface area contributed by atoms with Crippen LogP contribution in [0, 0.1) is 5.82 Å². The van der Waals surface area contributed by atoms with Crippen molar-refractivity contribution in [3.8, 4) is 5.69 Å². The van der Waals surface area contributed by atoms with Crippen molar-refractivity contribution >= 4 is 29.9 Å². The summed E-state index contributed by atoms with van der Waals surface area (Å²) in [5, 5.41) is 13.7. The van der Waals surface area contributed by atoms with Gasteiger partial charge in [0.15, 0.2) is 11.8 Å². The largest absolute Gasteiger partial charge is 0.416 e. The number of benzene rings is 2. The number of nitrogens with one attached hydrogen (secondary N) is 2. The van der Waals surface area contributed by atoms with Crippen LogP contribution < -0.4 is 10.6 Å². The molecule has 0 spiro atoms. The van der Waals surface area contributed by atoms with Crippen LogP contribution in [0.2, 0.25) is 0 Å². The van der Waals surface area contributed by atoms with Crippen molar-refractivity contribution in [2.24, 2.45) is 4.99 Å². The molecule has 0 fully saturated rings. The van der Waals surface area contributed by atoms with Crippen molar-refractivity contribution < 1.29 is 17.6 Å². The van der Waals surface area contributed by atoms with Crippen LogP contribution in [0.3, 0.4) is 0 Å². The molecule has 0 saturated heterocycles. The van der Waals surface area contributed by atoms with E-state index in [0.29, 0.717) is 11.9 Å². The second-order valence-corrected chi connectivity index (χ2v) is 6.03. The summed E-state index contributed by atoms with van der Waals surface area (Å²) in [6.07, 6.45) is -3.08. The molecule has 0 radical (unpaired) electrons. The van der Waals surface area contributed by atoms with Gasteiger partial charge in [-0.25, -0.2) is 4.39 Å². The lowest BCUT2D eigenvalue weighted by molar-refractivity contribution is -0.138. The van der Waals surface area contributed by atoms with Crippen molar-refractivity contribution in [2.75, 3.05) is 7.05 Å². The Bertz CT molecular complexity index is 988. The summed E-state index contributed by atoms with van der Waals surface area (Å²) in [6, 6.07) is 12.0. The highest BCUT2D eigenvalue weighted by Crippen LogP contribution is 2.32. The SMILES string of the molecule is CN=C(NCc1ccc(F)cc1C(F)(F)F)NCc1nncn1-c1ccccc1.I. The summed E-state index contributed by atoms with van der Waals surface area (Å²) in [5.74, 6) is -0.0780. The maximum absolute atomic E-state index is 13.2. The van der Waals surface area contributed by atoms with Gasteiger partial charge in [-0.3, -0.25) is 9.56 Å². The zero-order valence-electron chi connectivity index (χ0n) is 15.8. The Hall–Kier alpha value is -2.70. The maximum Gasteiger partial charge on any atom is 0.416 e. The van der Waals surface area contributed by atoms with Crippen LogP contribution in [0.5, 0.6) is 0 Å². The fraction of sp³-hybridized carbons (Fsp3) is 0.211. The predicted octanol–water partition coefficient (Wildman–Crippen LogP) is 3.91. The monoisotopic (exact) mass is 534 g/mol.